The molecule has 2 rings (SSSR count). The Hall–Kier alpha value is -1.85. The van der Waals surface area contributed by atoms with Crippen LogP contribution in [0.3, 0.4) is 0 Å². The summed E-state index contributed by atoms with van der Waals surface area (Å²) >= 11 is 0. The van der Waals surface area contributed by atoms with Gasteiger partial charge in [0.05, 0.1) is 14.2 Å². The molecule has 0 amide bonds. The van der Waals surface area contributed by atoms with Crippen LogP contribution in [0.1, 0.15) is 40.6 Å². The van der Waals surface area contributed by atoms with Gasteiger partial charge in [0.25, 0.3) is 0 Å². The standard InChI is InChI=1S/C11H13NO5/c1-15-8(13)5-7-9(11(14)16-2)10(12-17-7)6-3-4-6/h6H,3-5H2,1-2H3. The van der Waals surface area contributed by atoms with Gasteiger partial charge < -0.3 is 14.0 Å². The Kier molecular flexibility index (Phi) is 3.12. The normalized spacial score (nSPS) is 14.5. The van der Waals surface area contributed by atoms with Gasteiger partial charge in [-0.3, -0.25) is 4.79 Å². The third-order valence-corrected chi connectivity index (χ3v) is 2.68. The zero-order valence-electron chi connectivity index (χ0n) is 9.69. The summed E-state index contributed by atoms with van der Waals surface area (Å²) in [6.45, 7) is 0. The van der Waals surface area contributed by atoms with Crippen LogP contribution in [0, 0.1) is 0 Å². The van der Waals surface area contributed by atoms with Gasteiger partial charge in [-0.05, 0) is 12.8 Å². The third kappa shape index (κ3) is 2.30. The fourth-order valence-electron chi connectivity index (χ4n) is 1.62. The van der Waals surface area contributed by atoms with Gasteiger partial charge >= 0.3 is 11.9 Å². The zero-order valence-corrected chi connectivity index (χ0v) is 9.69. The molecule has 92 valence electrons. The van der Waals surface area contributed by atoms with E-state index in [2.05, 4.69) is 14.6 Å². The van der Waals surface area contributed by atoms with E-state index < -0.39 is 11.9 Å². The van der Waals surface area contributed by atoms with Crippen LogP contribution in [-0.2, 0) is 20.7 Å². The SMILES string of the molecule is COC(=O)Cc1onc(C2CC2)c1C(=O)OC. The summed E-state index contributed by atoms with van der Waals surface area (Å²) in [7, 11) is 2.56. The number of aromatic nitrogens is 1. The second-order valence-electron chi connectivity index (χ2n) is 3.88. The van der Waals surface area contributed by atoms with Crippen LogP contribution in [0.25, 0.3) is 0 Å². The molecule has 0 radical (unpaired) electrons. The number of ether oxygens (including phenoxy) is 2. The van der Waals surface area contributed by atoms with Gasteiger partial charge in [-0.2, -0.15) is 0 Å². The molecule has 0 saturated heterocycles. The van der Waals surface area contributed by atoms with Crippen molar-refractivity contribution in [3.05, 3.63) is 17.0 Å². The minimum Gasteiger partial charge on any atom is -0.469 e. The van der Waals surface area contributed by atoms with Crippen LogP contribution in [0.5, 0.6) is 0 Å². The average Bonchev–Trinajstić information content (AvgIpc) is 3.10. The Bertz CT molecular complexity index is 447. The van der Waals surface area contributed by atoms with Crippen molar-refractivity contribution in [1.29, 1.82) is 0 Å². The van der Waals surface area contributed by atoms with E-state index in [1.165, 1.54) is 14.2 Å². The molecular formula is C11H13NO5. The maximum Gasteiger partial charge on any atom is 0.343 e. The molecule has 1 aliphatic carbocycles. The molecule has 1 aromatic rings. The second kappa shape index (κ2) is 4.57. The van der Waals surface area contributed by atoms with Crippen LogP contribution in [-0.4, -0.2) is 31.3 Å². The number of hydrogen-bond acceptors (Lipinski definition) is 6. The molecule has 6 heteroatoms. The molecule has 1 heterocycles. The first kappa shape index (κ1) is 11.6. The monoisotopic (exact) mass is 239 g/mol. The first-order chi connectivity index (χ1) is 8.17. The molecule has 1 aromatic heterocycles. The molecule has 17 heavy (non-hydrogen) atoms. The first-order valence-electron chi connectivity index (χ1n) is 5.31. The molecule has 0 aliphatic heterocycles. The number of methoxy groups -OCH3 is 2. The van der Waals surface area contributed by atoms with Gasteiger partial charge in [0.2, 0.25) is 0 Å². The first-order valence-corrected chi connectivity index (χ1v) is 5.31. The highest BCUT2D eigenvalue weighted by molar-refractivity contribution is 5.93. The minimum absolute atomic E-state index is 0.110. The van der Waals surface area contributed by atoms with Gasteiger partial charge in [0.1, 0.15) is 17.7 Å². The summed E-state index contributed by atoms with van der Waals surface area (Å²) in [6.07, 6.45) is 1.85. The number of carbonyl (C=O) groups is 2. The minimum atomic E-state index is -0.521. The number of nitrogens with zero attached hydrogens (tertiary/aromatic N) is 1. The van der Waals surface area contributed by atoms with Gasteiger partial charge in [-0.1, -0.05) is 5.16 Å². The maximum absolute atomic E-state index is 11.6. The predicted molar refractivity (Wildman–Crippen MR) is 55.5 cm³/mol. The van der Waals surface area contributed by atoms with E-state index >= 15 is 0 Å². The number of hydrogen-bond donors (Lipinski definition) is 0. The van der Waals surface area contributed by atoms with Gasteiger partial charge in [-0.15, -0.1) is 0 Å². The molecule has 0 atom stereocenters. The summed E-state index contributed by atoms with van der Waals surface area (Å²) in [4.78, 5) is 22.8. The number of esters is 2. The van der Waals surface area contributed by atoms with Crippen molar-refractivity contribution in [3.8, 4) is 0 Å². The van der Waals surface area contributed by atoms with Crippen molar-refractivity contribution in [3.63, 3.8) is 0 Å². The van der Waals surface area contributed by atoms with Gasteiger partial charge in [0, 0.05) is 5.92 Å². The summed E-state index contributed by atoms with van der Waals surface area (Å²) in [6, 6.07) is 0. The van der Waals surface area contributed by atoms with Gasteiger partial charge in [0.15, 0.2) is 5.76 Å². The highest BCUT2D eigenvalue weighted by atomic mass is 16.5. The lowest BCUT2D eigenvalue weighted by Crippen LogP contribution is -2.10. The van der Waals surface area contributed by atoms with Crippen molar-refractivity contribution in [2.75, 3.05) is 14.2 Å². The molecule has 1 fully saturated rings. The summed E-state index contributed by atoms with van der Waals surface area (Å²) in [5.41, 5.74) is 0.871. The smallest absolute Gasteiger partial charge is 0.343 e. The Morgan fingerprint density at radius 2 is 2.06 bits per heavy atom. The molecule has 0 aromatic carbocycles. The number of carbonyl (C=O) groups excluding carboxylic acids is 2. The van der Waals surface area contributed by atoms with E-state index in [9.17, 15) is 9.59 Å². The molecule has 0 N–H and O–H groups in total. The summed E-state index contributed by atoms with van der Waals surface area (Å²) in [5.74, 6) is -0.537. The Labute approximate surface area is 97.9 Å². The van der Waals surface area contributed by atoms with Crippen molar-refractivity contribution >= 4 is 11.9 Å². The molecular weight excluding hydrogens is 226 g/mol. The fraction of sp³-hybridized carbons (Fsp3) is 0.545. The fourth-order valence-corrected chi connectivity index (χ4v) is 1.62. The predicted octanol–water partition coefficient (Wildman–Crippen LogP) is 1.05. The molecule has 1 saturated carbocycles. The van der Waals surface area contributed by atoms with Crippen LogP contribution < -0.4 is 0 Å². The van der Waals surface area contributed by atoms with E-state index in [1.54, 1.807) is 0 Å². The van der Waals surface area contributed by atoms with Crippen LogP contribution in [0.15, 0.2) is 4.52 Å². The van der Waals surface area contributed by atoms with Crippen molar-refractivity contribution < 1.29 is 23.6 Å². The Morgan fingerprint density at radius 1 is 1.35 bits per heavy atom. The number of rotatable bonds is 4. The highest BCUT2D eigenvalue weighted by Crippen LogP contribution is 2.41. The van der Waals surface area contributed by atoms with E-state index in [4.69, 9.17) is 4.52 Å². The highest BCUT2D eigenvalue weighted by Gasteiger charge is 2.35. The summed E-state index contributed by atoms with van der Waals surface area (Å²) < 4.78 is 14.2. The average molecular weight is 239 g/mol. The topological polar surface area (TPSA) is 78.6 Å². The maximum atomic E-state index is 11.6. The zero-order chi connectivity index (χ0) is 12.4. The Balaban J connectivity index is 2.31. The van der Waals surface area contributed by atoms with Crippen molar-refractivity contribution in [1.82, 2.24) is 5.16 Å². The molecule has 1 aliphatic rings. The van der Waals surface area contributed by atoms with E-state index in [1.807, 2.05) is 0 Å². The van der Waals surface area contributed by atoms with E-state index in [-0.39, 0.29) is 23.7 Å². The lowest BCUT2D eigenvalue weighted by atomic mass is 10.1. The second-order valence-corrected chi connectivity index (χ2v) is 3.88. The van der Waals surface area contributed by atoms with Crippen LogP contribution >= 0.6 is 0 Å². The van der Waals surface area contributed by atoms with Gasteiger partial charge in [-0.25, -0.2) is 4.79 Å². The van der Waals surface area contributed by atoms with Crippen LogP contribution in [0.4, 0.5) is 0 Å². The summed E-state index contributed by atoms with van der Waals surface area (Å²) in [5, 5.41) is 3.85. The largest absolute Gasteiger partial charge is 0.469 e. The molecule has 6 nitrogen and oxygen atoms in total. The van der Waals surface area contributed by atoms with Crippen molar-refractivity contribution in [2.24, 2.45) is 0 Å². The van der Waals surface area contributed by atoms with Crippen molar-refractivity contribution in [2.45, 2.75) is 25.2 Å². The molecule has 0 spiro atoms. The third-order valence-electron chi connectivity index (χ3n) is 2.68. The molecule has 0 bridgehead atoms. The van der Waals surface area contributed by atoms with E-state index in [0.717, 1.165) is 12.8 Å². The lowest BCUT2D eigenvalue weighted by molar-refractivity contribution is -0.140. The Morgan fingerprint density at radius 3 is 2.59 bits per heavy atom. The quantitative estimate of drug-likeness (QED) is 0.731. The van der Waals surface area contributed by atoms with E-state index in [0.29, 0.717) is 5.69 Å². The lowest BCUT2D eigenvalue weighted by Gasteiger charge is -2.00. The van der Waals surface area contributed by atoms with Crippen LogP contribution in [0.2, 0.25) is 0 Å². The molecule has 0 unspecified atom stereocenters.